The topological polar surface area (TPSA) is 38.9 Å². The van der Waals surface area contributed by atoms with Gasteiger partial charge in [-0.15, -0.1) is 10.2 Å². The molecule has 0 unspecified atom stereocenters. The van der Waals surface area contributed by atoms with Gasteiger partial charge in [-0.3, -0.25) is 0 Å². The molecule has 0 bridgehead atoms. The van der Waals surface area contributed by atoms with E-state index >= 15 is 0 Å². The van der Waals surface area contributed by atoms with Crippen LogP contribution in [0.5, 0.6) is 0 Å². The Labute approximate surface area is 121 Å². The van der Waals surface area contributed by atoms with Crippen LogP contribution in [-0.2, 0) is 0 Å². The molecule has 0 aliphatic rings. The van der Waals surface area contributed by atoms with Gasteiger partial charge in [-0.05, 0) is 23.8 Å². The summed E-state index contributed by atoms with van der Waals surface area (Å²) in [6.45, 7) is 0. The van der Waals surface area contributed by atoms with Crippen LogP contribution in [0.3, 0.4) is 0 Å². The first-order valence-corrected chi connectivity index (χ1v) is 6.52. The fourth-order valence-electron chi connectivity index (χ4n) is 1.78. The Morgan fingerprint density at radius 1 is 0.850 bits per heavy atom. The minimum Gasteiger partial charge on any atom is -0.417 e. The molecule has 2 aromatic carbocycles. The fourth-order valence-corrected chi connectivity index (χ4v) is 1.99. The van der Waals surface area contributed by atoms with Crippen LogP contribution in [0.1, 0.15) is 11.5 Å². The Bertz CT molecular complexity index is 735. The summed E-state index contributed by atoms with van der Waals surface area (Å²) in [7, 11) is 0. The third-order valence-electron chi connectivity index (χ3n) is 2.76. The molecular weight excluding hydrogens is 272 g/mol. The summed E-state index contributed by atoms with van der Waals surface area (Å²) in [4.78, 5) is 0. The van der Waals surface area contributed by atoms with Crippen molar-refractivity contribution in [1.29, 1.82) is 0 Å². The second kappa shape index (κ2) is 5.72. The molecule has 1 aromatic heterocycles. The van der Waals surface area contributed by atoms with Crippen LogP contribution >= 0.6 is 11.6 Å². The van der Waals surface area contributed by atoms with Gasteiger partial charge in [0, 0.05) is 6.08 Å². The zero-order valence-corrected chi connectivity index (χ0v) is 11.3. The normalized spacial score (nSPS) is 11.1. The van der Waals surface area contributed by atoms with Gasteiger partial charge in [-0.25, -0.2) is 0 Å². The lowest BCUT2D eigenvalue weighted by Crippen LogP contribution is -1.78. The number of rotatable bonds is 3. The van der Waals surface area contributed by atoms with Gasteiger partial charge in [0.25, 0.3) is 0 Å². The van der Waals surface area contributed by atoms with Crippen LogP contribution in [0, 0.1) is 0 Å². The van der Waals surface area contributed by atoms with Gasteiger partial charge in [-0.1, -0.05) is 54.1 Å². The minimum atomic E-state index is 0.420. The van der Waals surface area contributed by atoms with E-state index in [1.165, 1.54) is 0 Å². The molecule has 0 N–H and O–H groups in total. The van der Waals surface area contributed by atoms with Crippen LogP contribution in [0.4, 0.5) is 0 Å². The monoisotopic (exact) mass is 282 g/mol. The van der Waals surface area contributed by atoms with E-state index in [1.807, 2.05) is 54.6 Å². The molecule has 98 valence electrons. The Balaban J connectivity index is 1.85. The summed E-state index contributed by atoms with van der Waals surface area (Å²) in [6, 6.07) is 17.3. The highest BCUT2D eigenvalue weighted by Gasteiger charge is 2.09. The zero-order chi connectivity index (χ0) is 13.8. The Kier molecular flexibility index (Phi) is 3.61. The number of halogens is 1. The van der Waals surface area contributed by atoms with Crippen LogP contribution in [0.2, 0.25) is 5.02 Å². The van der Waals surface area contributed by atoms with Crippen molar-refractivity contribution in [2.24, 2.45) is 0 Å². The number of hydrogen-bond acceptors (Lipinski definition) is 3. The lowest BCUT2D eigenvalue weighted by molar-refractivity contribution is 0.558. The van der Waals surface area contributed by atoms with E-state index in [2.05, 4.69) is 10.2 Å². The van der Waals surface area contributed by atoms with E-state index in [4.69, 9.17) is 16.0 Å². The van der Waals surface area contributed by atoms with Crippen molar-refractivity contribution in [3.63, 3.8) is 0 Å². The van der Waals surface area contributed by atoms with Gasteiger partial charge in [-0.2, -0.15) is 0 Å². The third kappa shape index (κ3) is 2.78. The van der Waals surface area contributed by atoms with Crippen LogP contribution in [0.15, 0.2) is 59.0 Å². The predicted molar refractivity (Wildman–Crippen MR) is 80.1 cm³/mol. The Morgan fingerprint density at radius 3 is 2.40 bits per heavy atom. The van der Waals surface area contributed by atoms with Crippen LogP contribution in [-0.4, -0.2) is 10.2 Å². The maximum absolute atomic E-state index is 6.10. The predicted octanol–water partition coefficient (Wildman–Crippen LogP) is 4.56. The molecule has 3 nitrogen and oxygen atoms in total. The average molecular weight is 283 g/mol. The summed E-state index contributed by atoms with van der Waals surface area (Å²) >= 11 is 6.10. The van der Waals surface area contributed by atoms with Crippen molar-refractivity contribution in [3.05, 3.63) is 71.1 Å². The lowest BCUT2D eigenvalue weighted by Gasteiger charge is -1.96. The number of hydrogen-bond donors (Lipinski definition) is 0. The molecule has 0 saturated carbocycles. The number of nitrogens with zero attached hydrogens (tertiary/aromatic N) is 2. The zero-order valence-electron chi connectivity index (χ0n) is 10.5. The first kappa shape index (κ1) is 12.6. The van der Waals surface area contributed by atoms with Crippen molar-refractivity contribution in [3.8, 4) is 11.5 Å². The van der Waals surface area contributed by atoms with Crippen molar-refractivity contribution >= 4 is 23.8 Å². The van der Waals surface area contributed by atoms with E-state index < -0.39 is 0 Å². The Morgan fingerprint density at radius 2 is 1.60 bits per heavy atom. The molecule has 0 aliphatic carbocycles. The molecule has 0 fully saturated rings. The van der Waals surface area contributed by atoms with E-state index in [0.29, 0.717) is 16.8 Å². The summed E-state index contributed by atoms with van der Waals surface area (Å²) in [5.41, 5.74) is 1.81. The molecule has 1 heterocycles. The van der Waals surface area contributed by atoms with Gasteiger partial charge in [0.05, 0.1) is 10.6 Å². The molecule has 4 heteroatoms. The smallest absolute Gasteiger partial charge is 0.249 e. The van der Waals surface area contributed by atoms with Crippen LogP contribution in [0.25, 0.3) is 23.6 Å². The van der Waals surface area contributed by atoms with Crippen molar-refractivity contribution in [1.82, 2.24) is 10.2 Å². The van der Waals surface area contributed by atoms with Crippen molar-refractivity contribution in [2.75, 3.05) is 0 Å². The first-order valence-electron chi connectivity index (χ1n) is 6.14. The van der Waals surface area contributed by atoms with Gasteiger partial charge in [0.2, 0.25) is 11.8 Å². The second-order valence-corrected chi connectivity index (χ2v) is 4.58. The highest BCUT2D eigenvalue weighted by atomic mass is 35.5. The van der Waals surface area contributed by atoms with Crippen molar-refractivity contribution < 1.29 is 4.42 Å². The summed E-state index contributed by atoms with van der Waals surface area (Å²) in [5.74, 6) is 0.868. The minimum absolute atomic E-state index is 0.420. The first-order chi connectivity index (χ1) is 9.83. The second-order valence-electron chi connectivity index (χ2n) is 4.17. The highest BCUT2D eigenvalue weighted by molar-refractivity contribution is 6.33. The van der Waals surface area contributed by atoms with Crippen LogP contribution < -0.4 is 0 Å². The fraction of sp³-hybridized carbons (Fsp3) is 0. The van der Waals surface area contributed by atoms with E-state index in [1.54, 1.807) is 12.1 Å². The van der Waals surface area contributed by atoms with Crippen molar-refractivity contribution in [2.45, 2.75) is 0 Å². The molecule has 3 rings (SSSR count). The molecule has 0 atom stereocenters. The maximum atomic E-state index is 6.10. The quantitative estimate of drug-likeness (QED) is 0.707. The molecule has 20 heavy (non-hydrogen) atoms. The largest absolute Gasteiger partial charge is 0.417 e. The van der Waals surface area contributed by atoms with Gasteiger partial charge in [0.15, 0.2) is 0 Å². The lowest BCUT2D eigenvalue weighted by atomic mass is 10.2. The molecule has 0 saturated heterocycles. The van der Waals surface area contributed by atoms with Gasteiger partial charge < -0.3 is 4.42 Å². The summed E-state index contributed by atoms with van der Waals surface area (Å²) in [6.07, 6.45) is 3.70. The number of aromatic nitrogens is 2. The van der Waals surface area contributed by atoms with E-state index in [0.717, 1.165) is 11.1 Å². The molecule has 0 radical (unpaired) electrons. The molecule has 0 aliphatic heterocycles. The highest BCUT2D eigenvalue weighted by Crippen LogP contribution is 2.26. The average Bonchev–Trinajstić information content (AvgIpc) is 2.95. The standard InChI is InChI=1S/C16H11ClN2O/c17-14-9-5-4-8-13(14)16-19-18-15(20-16)11-10-12-6-2-1-3-7-12/h1-11H/b11-10+. The molecular formula is C16H11ClN2O. The third-order valence-corrected chi connectivity index (χ3v) is 3.09. The van der Waals surface area contributed by atoms with E-state index in [9.17, 15) is 0 Å². The molecule has 0 spiro atoms. The summed E-state index contributed by atoms with van der Waals surface area (Å²) < 4.78 is 5.58. The van der Waals surface area contributed by atoms with Gasteiger partial charge in [0.1, 0.15) is 0 Å². The Hall–Kier alpha value is -2.39. The van der Waals surface area contributed by atoms with E-state index in [-0.39, 0.29) is 0 Å². The van der Waals surface area contributed by atoms with Gasteiger partial charge >= 0.3 is 0 Å². The molecule has 0 amide bonds. The SMILES string of the molecule is Clc1ccccc1-c1nnc(/C=C/c2ccccc2)o1. The molecule has 3 aromatic rings. The number of benzene rings is 2. The maximum Gasteiger partial charge on any atom is 0.249 e. The summed E-state index contributed by atoms with van der Waals surface area (Å²) in [5, 5.41) is 8.59.